The van der Waals surface area contributed by atoms with Crippen LogP contribution in [0.2, 0.25) is 0 Å². The topological polar surface area (TPSA) is 52.9 Å². The van der Waals surface area contributed by atoms with E-state index < -0.39 is 11.9 Å². The number of benzene rings is 2. The van der Waals surface area contributed by atoms with E-state index in [1.165, 1.54) is 36.0 Å². The molecule has 0 unspecified atom stereocenters. The summed E-state index contributed by atoms with van der Waals surface area (Å²) in [6.07, 6.45) is 0.343. The third kappa shape index (κ3) is 5.67. The van der Waals surface area contributed by atoms with E-state index in [4.69, 9.17) is 5.26 Å². The molecule has 2 rings (SSSR count). The van der Waals surface area contributed by atoms with Crippen molar-refractivity contribution >= 4 is 17.7 Å². The number of thioether (sulfide) groups is 1. The number of hydrogen-bond acceptors (Lipinski definition) is 3. The van der Waals surface area contributed by atoms with E-state index in [-0.39, 0.29) is 23.2 Å². The number of halogens is 2. The maximum Gasteiger partial charge on any atom is 0.230 e. The Hall–Kier alpha value is -2.39. The standard InChI is InChI=1S/C18H16F2N2OS/c19-15-5-1-3-13(9-15)10-17(14-4-2-6-16(20)11-14)22-18(23)12-24-8-7-21/h1-6,9,11,17H,8,10,12H2,(H,22,23)/t17-/m1/s1. The largest absolute Gasteiger partial charge is 0.348 e. The van der Waals surface area contributed by atoms with Gasteiger partial charge in [-0.3, -0.25) is 4.79 Å². The van der Waals surface area contributed by atoms with Gasteiger partial charge in [0.1, 0.15) is 11.6 Å². The van der Waals surface area contributed by atoms with E-state index in [0.29, 0.717) is 17.5 Å². The van der Waals surface area contributed by atoms with Crippen LogP contribution in [0.3, 0.4) is 0 Å². The predicted molar refractivity (Wildman–Crippen MR) is 90.3 cm³/mol. The maximum absolute atomic E-state index is 13.5. The van der Waals surface area contributed by atoms with Crippen LogP contribution in [-0.4, -0.2) is 17.4 Å². The van der Waals surface area contributed by atoms with Gasteiger partial charge in [-0.1, -0.05) is 24.3 Å². The monoisotopic (exact) mass is 346 g/mol. The molecular formula is C18H16F2N2OS. The zero-order chi connectivity index (χ0) is 17.4. The van der Waals surface area contributed by atoms with E-state index in [9.17, 15) is 13.6 Å². The number of rotatable bonds is 7. The molecule has 6 heteroatoms. The van der Waals surface area contributed by atoms with Gasteiger partial charge in [0, 0.05) is 0 Å². The second-order valence-electron chi connectivity index (χ2n) is 5.16. The van der Waals surface area contributed by atoms with Crippen LogP contribution in [0.5, 0.6) is 0 Å². The molecule has 0 fully saturated rings. The van der Waals surface area contributed by atoms with Gasteiger partial charge in [-0.25, -0.2) is 8.78 Å². The molecule has 2 aromatic carbocycles. The fourth-order valence-corrected chi connectivity index (χ4v) is 2.76. The summed E-state index contributed by atoms with van der Waals surface area (Å²) in [4.78, 5) is 12.0. The number of amides is 1. The summed E-state index contributed by atoms with van der Waals surface area (Å²) in [7, 11) is 0. The second kappa shape index (κ2) is 9.04. The van der Waals surface area contributed by atoms with Crippen molar-refractivity contribution in [2.75, 3.05) is 11.5 Å². The average Bonchev–Trinajstić information content (AvgIpc) is 2.54. The molecule has 124 valence electrons. The highest BCUT2D eigenvalue weighted by atomic mass is 32.2. The minimum Gasteiger partial charge on any atom is -0.348 e. The summed E-state index contributed by atoms with van der Waals surface area (Å²) < 4.78 is 26.9. The van der Waals surface area contributed by atoms with Crippen molar-refractivity contribution in [1.82, 2.24) is 5.32 Å². The first-order valence-electron chi connectivity index (χ1n) is 7.32. The minimum absolute atomic E-state index is 0.141. The van der Waals surface area contributed by atoms with Crippen LogP contribution >= 0.6 is 11.8 Å². The van der Waals surface area contributed by atoms with E-state index >= 15 is 0 Å². The molecule has 0 heterocycles. The number of carbonyl (C=O) groups is 1. The number of hydrogen-bond donors (Lipinski definition) is 1. The Labute approximate surface area is 143 Å². The van der Waals surface area contributed by atoms with Gasteiger partial charge in [-0.05, 0) is 41.8 Å². The molecule has 0 aliphatic rings. The number of nitrogens with zero attached hydrogens (tertiary/aromatic N) is 1. The SMILES string of the molecule is N#CCSCC(=O)N[C@H](Cc1cccc(F)c1)c1cccc(F)c1. The molecule has 24 heavy (non-hydrogen) atoms. The lowest BCUT2D eigenvalue weighted by Gasteiger charge is -2.19. The molecule has 0 aliphatic carbocycles. The summed E-state index contributed by atoms with van der Waals surface area (Å²) in [5.74, 6) is -0.642. The summed E-state index contributed by atoms with van der Waals surface area (Å²) in [5.41, 5.74) is 1.31. The Morgan fingerprint density at radius 2 is 1.88 bits per heavy atom. The van der Waals surface area contributed by atoms with Crippen LogP contribution < -0.4 is 5.32 Å². The molecule has 0 aromatic heterocycles. The lowest BCUT2D eigenvalue weighted by atomic mass is 9.98. The third-order valence-corrected chi connectivity index (χ3v) is 4.11. The van der Waals surface area contributed by atoms with Crippen molar-refractivity contribution in [2.45, 2.75) is 12.5 Å². The van der Waals surface area contributed by atoms with E-state index in [2.05, 4.69) is 5.32 Å². The average molecular weight is 346 g/mol. The van der Waals surface area contributed by atoms with E-state index in [1.807, 2.05) is 6.07 Å². The first-order chi connectivity index (χ1) is 11.6. The Morgan fingerprint density at radius 3 is 2.54 bits per heavy atom. The molecule has 2 aromatic rings. The van der Waals surface area contributed by atoms with Crippen LogP contribution in [0.1, 0.15) is 17.2 Å². The highest BCUT2D eigenvalue weighted by molar-refractivity contribution is 8.00. The van der Waals surface area contributed by atoms with Crippen LogP contribution in [0, 0.1) is 23.0 Å². The second-order valence-corrected chi connectivity index (χ2v) is 6.15. The van der Waals surface area contributed by atoms with Gasteiger partial charge in [0.2, 0.25) is 5.91 Å². The first kappa shape index (κ1) is 18.0. The molecule has 1 amide bonds. The molecule has 0 saturated heterocycles. The van der Waals surface area contributed by atoms with Crippen LogP contribution in [0.4, 0.5) is 8.78 Å². The zero-order valence-corrected chi connectivity index (χ0v) is 13.7. The first-order valence-corrected chi connectivity index (χ1v) is 8.48. The molecule has 0 saturated carbocycles. The van der Waals surface area contributed by atoms with Crippen LogP contribution in [0.25, 0.3) is 0 Å². The Bertz CT molecular complexity index is 746. The van der Waals surface area contributed by atoms with Gasteiger partial charge in [-0.2, -0.15) is 5.26 Å². The van der Waals surface area contributed by atoms with E-state index in [0.717, 1.165) is 0 Å². The molecule has 3 nitrogen and oxygen atoms in total. The highest BCUT2D eigenvalue weighted by Crippen LogP contribution is 2.20. The fraction of sp³-hybridized carbons (Fsp3) is 0.222. The lowest BCUT2D eigenvalue weighted by Crippen LogP contribution is -2.31. The quantitative estimate of drug-likeness (QED) is 0.779. The van der Waals surface area contributed by atoms with Crippen molar-refractivity contribution in [3.05, 3.63) is 71.3 Å². The third-order valence-electron chi connectivity index (χ3n) is 3.31. The van der Waals surface area contributed by atoms with Crippen molar-refractivity contribution in [2.24, 2.45) is 0 Å². The van der Waals surface area contributed by atoms with Crippen molar-refractivity contribution in [3.63, 3.8) is 0 Å². The van der Waals surface area contributed by atoms with Crippen molar-refractivity contribution < 1.29 is 13.6 Å². The van der Waals surface area contributed by atoms with Gasteiger partial charge >= 0.3 is 0 Å². The molecule has 0 bridgehead atoms. The van der Waals surface area contributed by atoms with Crippen molar-refractivity contribution in [1.29, 1.82) is 5.26 Å². The molecule has 0 spiro atoms. The minimum atomic E-state index is -0.474. The molecule has 1 N–H and O–H groups in total. The Balaban J connectivity index is 2.15. The zero-order valence-electron chi connectivity index (χ0n) is 12.8. The fourth-order valence-electron chi connectivity index (χ4n) is 2.30. The van der Waals surface area contributed by atoms with Crippen LogP contribution in [-0.2, 0) is 11.2 Å². The smallest absolute Gasteiger partial charge is 0.230 e. The van der Waals surface area contributed by atoms with Crippen molar-refractivity contribution in [3.8, 4) is 6.07 Å². The highest BCUT2D eigenvalue weighted by Gasteiger charge is 2.16. The number of nitrogens with one attached hydrogen (secondary N) is 1. The summed E-state index contributed by atoms with van der Waals surface area (Å²) >= 11 is 1.20. The molecule has 0 aliphatic heterocycles. The molecule has 1 atom stereocenters. The number of carbonyl (C=O) groups excluding carboxylic acids is 1. The molecule has 0 radical (unpaired) electrons. The maximum atomic E-state index is 13.5. The van der Waals surface area contributed by atoms with Gasteiger partial charge < -0.3 is 5.32 Å². The summed E-state index contributed by atoms with van der Waals surface area (Å²) in [6.45, 7) is 0. The summed E-state index contributed by atoms with van der Waals surface area (Å²) in [6, 6.07) is 13.5. The predicted octanol–water partition coefficient (Wildman–Crippen LogP) is 3.62. The Kier molecular flexibility index (Phi) is 6.76. The van der Waals surface area contributed by atoms with Gasteiger partial charge in [0.25, 0.3) is 0 Å². The van der Waals surface area contributed by atoms with Gasteiger partial charge in [0.05, 0.1) is 23.6 Å². The normalized spacial score (nSPS) is 11.5. The number of nitriles is 1. The Morgan fingerprint density at radius 1 is 1.17 bits per heavy atom. The molecular weight excluding hydrogens is 330 g/mol. The summed E-state index contributed by atoms with van der Waals surface area (Å²) in [5, 5.41) is 11.3. The van der Waals surface area contributed by atoms with Gasteiger partial charge in [0.15, 0.2) is 0 Å². The van der Waals surface area contributed by atoms with Crippen LogP contribution in [0.15, 0.2) is 48.5 Å². The lowest BCUT2D eigenvalue weighted by molar-refractivity contribution is -0.119. The van der Waals surface area contributed by atoms with Gasteiger partial charge in [-0.15, -0.1) is 11.8 Å². The van der Waals surface area contributed by atoms with E-state index in [1.54, 1.807) is 24.3 Å².